The quantitative estimate of drug-likeness (QED) is 0.216. The molecular formula is C20H42O3S. The number of hydrogen-bond donors (Lipinski definition) is 0. The number of hydrogen-bond acceptors (Lipinski definition) is 3. The molecular weight excluding hydrogens is 320 g/mol. The van der Waals surface area contributed by atoms with Crippen LogP contribution in [0.3, 0.4) is 0 Å². The van der Waals surface area contributed by atoms with Gasteiger partial charge in [-0.3, -0.25) is 4.18 Å². The van der Waals surface area contributed by atoms with E-state index < -0.39 is 14.9 Å². The van der Waals surface area contributed by atoms with Crippen molar-refractivity contribution in [1.29, 1.82) is 0 Å². The summed E-state index contributed by atoms with van der Waals surface area (Å²) in [5.41, 5.74) is 0. The van der Waals surface area contributed by atoms with Gasteiger partial charge in [0.05, 0.1) is 11.9 Å². The number of unbranched alkanes of at least 4 members (excludes halogenated alkanes) is 13. The topological polar surface area (TPSA) is 43.4 Å². The Bertz CT molecular complexity index is 374. The molecule has 0 radical (unpaired) electrons. The zero-order chi connectivity index (χ0) is 18.3. The molecule has 0 aromatic carbocycles. The van der Waals surface area contributed by atoms with E-state index in [-0.39, 0.29) is 0 Å². The maximum atomic E-state index is 11.8. The molecule has 0 aliphatic heterocycles. The molecule has 3 nitrogen and oxygen atoms in total. The Balaban J connectivity index is 3.37. The zero-order valence-corrected chi connectivity index (χ0v) is 17.6. The molecule has 0 bridgehead atoms. The number of rotatable bonds is 17. The first-order valence-corrected chi connectivity index (χ1v) is 11.6. The molecule has 146 valence electrons. The van der Waals surface area contributed by atoms with Crippen LogP contribution in [0.2, 0.25) is 0 Å². The van der Waals surface area contributed by atoms with Crippen molar-refractivity contribution in [1.82, 2.24) is 0 Å². The molecule has 0 unspecified atom stereocenters. The molecule has 0 saturated heterocycles. The van der Waals surface area contributed by atoms with E-state index in [9.17, 15) is 8.42 Å². The molecule has 0 amide bonds. The van der Waals surface area contributed by atoms with Gasteiger partial charge in [0.2, 0.25) is 0 Å². The van der Waals surface area contributed by atoms with Crippen LogP contribution in [-0.4, -0.2) is 20.3 Å². The van der Waals surface area contributed by atoms with Crippen LogP contribution in [0, 0.1) is 0 Å². The van der Waals surface area contributed by atoms with Gasteiger partial charge in [-0.05, 0) is 20.3 Å². The normalized spacial score (nSPS) is 12.7. The standard InChI is InChI=1S/C20H42O3S/c1-5-6-7-8-9-10-11-12-13-14-15-16-17-18-19-20(2,3)24(21,22)23-4/h5-19H2,1-4H3. The molecule has 0 aromatic rings. The minimum atomic E-state index is -3.42. The van der Waals surface area contributed by atoms with Crippen LogP contribution in [0.25, 0.3) is 0 Å². The average Bonchev–Trinajstić information content (AvgIpc) is 2.55. The molecule has 0 N–H and O–H groups in total. The fourth-order valence-corrected chi connectivity index (χ4v) is 3.94. The van der Waals surface area contributed by atoms with Gasteiger partial charge in [-0.2, -0.15) is 8.42 Å². The highest BCUT2D eigenvalue weighted by molar-refractivity contribution is 7.88. The third-order valence-electron chi connectivity index (χ3n) is 5.03. The van der Waals surface area contributed by atoms with Crippen molar-refractivity contribution < 1.29 is 12.6 Å². The van der Waals surface area contributed by atoms with Crippen LogP contribution < -0.4 is 0 Å². The Hall–Kier alpha value is -0.0900. The third-order valence-corrected chi connectivity index (χ3v) is 7.03. The largest absolute Gasteiger partial charge is 0.273 e. The van der Waals surface area contributed by atoms with Gasteiger partial charge in [-0.1, -0.05) is 96.8 Å². The molecule has 0 atom stereocenters. The van der Waals surface area contributed by atoms with E-state index in [0.29, 0.717) is 6.42 Å². The van der Waals surface area contributed by atoms with Crippen LogP contribution in [0.1, 0.15) is 117 Å². The van der Waals surface area contributed by atoms with Gasteiger partial charge in [0, 0.05) is 0 Å². The summed E-state index contributed by atoms with van der Waals surface area (Å²) in [6.45, 7) is 5.78. The monoisotopic (exact) mass is 362 g/mol. The molecule has 0 fully saturated rings. The predicted octanol–water partition coefficient (Wildman–Crippen LogP) is 6.61. The molecule has 0 aliphatic carbocycles. The smallest absolute Gasteiger partial charge is 0.272 e. The highest BCUT2D eigenvalue weighted by Gasteiger charge is 2.33. The second kappa shape index (κ2) is 14.1. The van der Waals surface area contributed by atoms with Gasteiger partial charge in [-0.25, -0.2) is 0 Å². The molecule has 0 saturated carbocycles. The molecule has 4 heteroatoms. The highest BCUT2D eigenvalue weighted by Crippen LogP contribution is 2.25. The Morgan fingerprint density at radius 2 is 1.00 bits per heavy atom. The van der Waals surface area contributed by atoms with Gasteiger partial charge in [-0.15, -0.1) is 0 Å². The van der Waals surface area contributed by atoms with Crippen LogP contribution in [0.15, 0.2) is 0 Å². The van der Waals surface area contributed by atoms with Crippen LogP contribution in [-0.2, 0) is 14.3 Å². The zero-order valence-electron chi connectivity index (χ0n) is 16.7. The first-order chi connectivity index (χ1) is 11.4. The summed E-state index contributed by atoms with van der Waals surface area (Å²) in [7, 11) is -2.16. The van der Waals surface area contributed by atoms with E-state index in [4.69, 9.17) is 0 Å². The fraction of sp³-hybridized carbons (Fsp3) is 1.00. The Kier molecular flexibility index (Phi) is 14.1. The summed E-state index contributed by atoms with van der Waals surface area (Å²) in [6.07, 6.45) is 19.1. The summed E-state index contributed by atoms with van der Waals surface area (Å²) >= 11 is 0. The van der Waals surface area contributed by atoms with Crippen molar-refractivity contribution >= 4 is 10.1 Å². The molecule has 0 rings (SSSR count). The lowest BCUT2D eigenvalue weighted by Crippen LogP contribution is -2.32. The van der Waals surface area contributed by atoms with Crippen molar-refractivity contribution in [2.24, 2.45) is 0 Å². The van der Waals surface area contributed by atoms with E-state index in [1.807, 2.05) is 0 Å². The molecule has 0 aliphatic rings. The van der Waals surface area contributed by atoms with E-state index >= 15 is 0 Å². The van der Waals surface area contributed by atoms with Gasteiger partial charge < -0.3 is 0 Å². The second-order valence-electron chi connectivity index (χ2n) is 7.73. The average molecular weight is 363 g/mol. The lowest BCUT2D eigenvalue weighted by atomic mass is 10.0. The second-order valence-corrected chi connectivity index (χ2v) is 10.1. The summed E-state index contributed by atoms with van der Waals surface area (Å²) < 4.78 is 27.4. The SMILES string of the molecule is CCCCCCCCCCCCCCCCC(C)(C)S(=O)(=O)OC. The van der Waals surface area contributed by atoms with Gasteiger partial charge in [0.15, 0.2) is 0 Å². The van der Waals surface area contributed by atoms with Crippen molar-refractivity contribution in [3.63, 3.8) is 0 Å². The Morgan fingerprint density at radius 1 is 0.667 bits per heavy atom. The minimum Gasteiger partial charge on any atom is -0.273 e. The fourth-order valence-electron chi connectivity index (χ4n) is 3.10. The van der Waals surface area contributed by atoms with E-state index in [2.05, 4.69) is 11.1 Å². The van der Waals surface area contributed by atoms with Crippen molar-refractivity contribution in [3.05, 3.63) is 0 Å². The molecule has 0 aromatic heterocycles. The molecule has 0 heterocycles. The molecule has 0 spiro atoms. The first-order valence-electron chi connectivity index (χ1n) is 10.2. The van der Waals surface area contributed by atoms with Crippen molar-refractivity contribution in [2.45, 2.75) is 122 Å². The van der Waals surface area contributed by atoms with Crippen molar-refractivity contribution in [3.8, 4) is 0 Å². The predicted molar refractivity (Wildman–Crippen MR) is 105 cm³/mol. The molecule has 24 heavy (non-hydrogen) atoms. The van der Waals surface area contributed by atoms with E-state index in [0.717, 1.165) is 12.8 Å². The van der Waals surface area contributed by atoms with E-state index in [1.165, 1.54) is 84.2 Å². The highest BCUT2D eigenvalue weighted by atomic mass is 32.2. The van der Waals surface area contributed by atoms with Gasteiger partial charge >= 0.3 is 0 Å². The summed E-state index contributed by atoms with van der Waals surface area (Å²) in [5.74, 6) is 0. The lowest BCUT2D eigenvalue weighted by molar-refractivity contribution is 0.362. The Labute approximate surface area is 152 Å². The van der Waals surface area contributed by atoms with Crippen LogP contribution in [0.5, 0.6) is 0 Å². The third kappa shape index (κ3) is 11.5. The van der Waals surface area contributed by atoms with Gasteiger partial charge in [0.25, 0.3) is 10.1 Å². The maximum Gasteiger partial charge on any atom is 0.272 e. The van der Waals surface area contributed by atoms with Crippen LogP contribution in [0.4, 0.5) is 0 Å². The summed E-state index contributed by atoms with van der Waals surface area (Å²) in [6, 6.07) is 0. The summed E-state index contributed by atoms with van der Waals surface area (Å²) in [4.78, 5) is 0. The van der Waals surface area contributed by atoms with E-state index in [1.54, 1.807) is 13.8 Å². The Morgan fingerprint density at radius 3 is 1.33 bits per heavy atom. The van der Waals surface area contributed by atoms with Gasteiger partial charge in [0.1, 0.15) is 0 Å². The minimum absolute atomic E-state index is 0.682. The van der Waals surface area contributed by atoms with Crippen molar-refractivity contribution in [2.75, 3.05) is 7.11 Å². The maximum absolute atomic E-state index is 11.8. The van der Waals surface area contributed by atoms with Crippen LogP contribution >= 0.6 is 0 Å². The summed E-state index contributed by atoms with van der Waals surface area (Å²) in [5, 5.41) is 0. The first kappa shape index (κ1) is 23.9. The lowest BCUT2D eigenvalue weighted by Gasteiger charge is -2.22.